The average Bonchev–Trinajstić information content (AvgIpc) is 2.56. The monoisotopic (exact) mass is 367 g/mol. The number of quaternary nitrogens is 1. The van der Waals surface area contributed by atoms with Gasteiger partial charge in [-0.05, 0) is 48.5 Å². The summed E-state index contributed by atoms with van der Waals surface area (Å²) in [6.45, 7) is 1.01. The third kappa shape index (κ3) is 6.72. The van der Waals surface area contributed by atoms with Crippen LogP contribution >= 0.6 is 11.8 Å². The first-order chi connectivity index (χ1) is 12.0. The molecule has 134 valence electrons. The number of thioether (sulfide) groups is 1. The second kappa shape index (κ2) is 9.39. The van der Waals surface area contributed by atoms with Crippen LogP contribution in [0.3, 0.4) is 0 Å². The van der Waals surface area contributed by atoms with E-state index >= 15 is 0 Å². The van der Waals surface area contributed by atoms with Crippen LogP contribution in [0, 0.1) is 0 Å². The van der Waals surface area contributed by atoms with E-state index in [0.717, 1.165) is 16.2 Å². The molecular formula is C18H21F2N2O2S+. The lowest BCUT2D eigenvalue weighted by Crippen LogP contribution is -3.08. The number of benzene rings is 2. The molecule has 0 aliphatic heterocycles. The van der Waals surface area contributed by atoms with Crippen molar-refractivity contribution in [3.8, 4) is 5.75 Å². The predicted molar refractivity (Wildman–Crippen MR) is 95.4 cm³/mol. The Bertz CT molecular complexity index is 678. The first-order valence-electron chi connectivity index (χ1n) is 7.75. The molecule has 2 aromatic carbocycles. The van der Waals surface area contributed by atoms with Crippen molar-refractivity contribution in [2.75, 3.05) is 26.0 Å². The molecule has 0 saturated carbocycles. The average molecular weight is 367 g/mol. The van der Waals surface area contributed by atoms with E-state index in [4.69, 9.17) is 4.74 Å². The smallest absolute Gasteiger partial charge is 0.288 e. The summed E-state index contributed by atoms with van der Waals surface area (Å²) in [6.07, 6.45) is 0. The summed E-state index contributed by atoms with van der Waals surface area (Å²) in [5, 5.41) is 2.78. The minimum atomic E-state index is -2.45. The van der Waals surface area contributed by atoms with Gasteiger partial charge in [0.1, 0.15) is 12.3 Å². The summed E-state index contributed by atoms with van der Waals surface area (Å²) in [5.41, 5.74) is 1.71. The number of amides is 1. The maximum Gasteiger partial charge on any atom is 0.288 e. The lowest BCUT2D eigenvalue weighted by Gasteiger charge is -2.14. The van der Waals surface area contributed by atoms with Crippen LogP contribution in [0.1, 0.15) is 5.56 Å². The maximum absolute atomic E-state index is 12.3. The number of halogens is 2. The molecule has 4 nitrogen and oxygen atoms in total. The van der Waals surface area contributed by atoms with Crippen molar-refractivity contribution >= 4 is 23.4 Å². The zero-order chi connectivity index (χ0) is 18.2. The number of hydrogen-bond donors (Lipinski definition) is 2. The third-order valence-corrected chi connectivity index (χ3v) is 4.21. The van der Waals surface area contributed by atoms with Crippen LogP contribution in [0.15, 0.2) is 53.4 Å². The van der Waals surface area contributed by atoms with Crippen LogP contribution in [0.4, 0.5) is 14.5 Å². The van der Waals surface area contributed by atoms with E-state index in [9.17, 15) is 13.6 Å². The first kappa shape index (κ1) is 19.2. The highest BCUT2D eigenvalue weighted by Crippen LogP contribution is 2.26. The van der Waals surface area contributed by atoms with Gasteiger partial charge < -0.3 is 15.0 Å². The Labute approximate surface area is 150 Å². The Morgan fingerprint density at radius 3 is 2.36 bits per heavy atom. The Kier molecular flexibility index (Phi) is 7.21. The fraction of sp³-hybridized carbons (Fsp3) is 0.278. The Morgan fingerprint density at radius 2 is 1.80 bits per heavy atom. The van der Waals surface area contributed by atoms with Gasteiger partial charge in [0, 0.05) is 16.1 Å². The second-order valence-electron chi connectivity index (χ2n) is 5.61. The summed E-state index contributed by atoms with van der Waals surface area (Å²) in [6, 6.07) is 14.1. The molecule has 0 radical (unpaired) electrons. The normalized spacial score (nSPS) is 12.0. The highest BCUT2D eigenvalue weighted by Gasteiger charge is 2.11. The number of carbonyl (C=O) groups excluding carboxylic acids is 1. The number of methoxy groups -OCH3 is 1. The summed E-state index contributed by atoms with van der Waals surface area (Å²) in [5.74, 6) is -1.77. The molecule has 7 heteroatoms. The van der Waals surface area contributed by atoms with Crippen molar-refractivity contribution < 1.29 is 23.2 Å². The van der Waals surface area contributed by atoms with Crippen molar-refractivity contribution in [3.05, 3.63) is 54.1 Å². The summed E-state index contributed by atoms with van der Waals surface area (Å²) in [7, 11) is 3.56. The Morgan fingerprint density at radius 1 is 1.16 bits per heavy atom. The Hall–Kier alpha value is -2.12. The number of rotatable bonds is 8. The van der Waals surface area contributed by atoms with Gasteiger partial charge in [-0.2, -0.15) is 8.78 Å². The van der Waals surface area contributed by atoms with E-state index in [1.54, 1.807) is 31.4 Å². The van der Waals surface area contributed by atoms with E-state index in [1.165, 1.54) is 0 Å². The molecule has 1 amide bonds. The van der Waals surface area contributed by atoms with Crippen molar-refractivity contribution in [1.82, 2.24) is 0 Å². The third-order valence-electron chi connectivity index (χ3n) is 3.49. The number of anilines is 1. The van der Waals surface area contributed by atoms with Gasteiger partial charge in [-0.1, -0.05) is 11.8 Å². The molecule has 0 saturated heterocycles. The number of ether oxygens (including phenoxy) is 1. The molecule has 2 N–H and O–H groups in total. The van der Waals surface area contributed by atoms with E-state index in [2.05, 4.69) is 5.32 Å². The molecule has 2 rings (SSSR count). The minimum absolute atomic E-state index is 0.125. The van der Waals surface area contributed by atoms with Gasteiger partial charge in [-0.15, -0.1) is 0 Å². The molecule has 1 atom stereocenters. The SMILES string of the molecule is COc1ccc(C[NH+](C)CC(=O)Nc2ccc(SC(F)F)cc2)cc1. The molecule has 0 spiro atoms. The number of nitrogens with one attached hydrogen (secondary N) is 2. The maximum atomic E-state index is 12.3. The van der Waals surface area contributed by atoms with Crippen molar-refractivity contribution in [2.45, 2.75) is 17.2 Å². The van der Waals surface area contributed by atoms with Crippen LogP contribution in [-0.4, -0.2) is 32.4 Å². The molecule has 0 fully saturated rings. The second-order valence-corrected chi connectivity index (χ2v) is 6.67. The molecular weight excluding hydrogens is 346 g/mol. The lowest BCUT2D eigenvalue weighted by atomic mass is 10.2. The molecule has 1 unspecified atom stereocenters. The molecule has 0 aliphatic carbocycles. The van der Waals surface area contributed by atoms with E-state index in [0.29, 0.717) is 35.4 Å². The number of hydrogen-bond acceptors (Lipinski definition) is 3. The van der Waals surface area contributed by atoms with Gasteiger partial charge in [0.05, 0.1) is 14.2 Å². The first-order valence-corrected chi connectivity index (χ1v) is 8.63. The van der Waals surface area contributed by atoms with E-state index < -0.39 is 5.76 Å². The van der Waals surface area contributed by atoms with Crippen molar-refractivity contribution in [2.24, 2.45) is 0 Å². The number of carbonyl (C=O) groups is 1. The van der Waals surface area contributed by atoms with Crippen LogP contribution in [-0.2, 0) is 11.3 Å². The van der Waals surface area contributed by atoms with Crippen molar-refractivity contribution in [1.29, 1.82) is 0 Å². The quantitative estimate of drug-likeness (QED) is 0.705. The zero-order valence-electron chi connectivity index (χ0n) is 14.1. The van der Waals surface area contributed by atoms with E-state index in [-0.39, 0.29) is 5.91 Å². The van der Waals surface area contributed by atoms with Crippen molar-refractivity contribution in [3.63, 3.8) is 0 Å². The van der Waals surface area contributed by atoms with Gasteiger partial charge in [-0.3, -0.25) is 4.79 Å². The summed E-state index contributed by atoms with van der Waals surface area (Å²) >= 11 is 0.481. The van der Waals surface area contributed by atoms with Gasteiger partial charge in [0.2, 0.25) is 0 Å². The van der Waals surface area contributed by atoms with Crippen LogP contribution in [0.5, 0.6) is 5.75 Å². The van der Waals surface area contributed by atoms with Gasteiger partial charge >= 0.3 is 0 Å². The number of likely N-dealkylation sites (N-methyl/N-ethyl adjacent to an activating group) is 1. The number of alkyl halides is 2. The predicted octanol–water partition coefficient (Wildman–Crippen LogP) is 2.66. The van der Waals surface area contributed by atoms with Crippen LogP contribution < -0.4 is 15.0 Å². The fourth-order valence-corrected chi connectivity index (χ4v) is 2.85. The minimum Gasteiger partial charge on any atom is -0.497 e. The summed E-state index contributed by atoms with van der Waals surface area (Å²) < 4.78 is 29.7. The molecule has 2 aromatic rings. The molecule has 0 heterocycles. The van der Waals surface area contributed by atoms with Gasteiger partial charge in [0.15, 0.2) is 6.54 Å². The molecule has 0 aromatic heterocycles. The van der Waals surface area contributed by atoms with Crippen LogP contribution in [0.25, 0.3) is 0 Å². The molecule has 25 heavy (non-hydrogen) atoms. The summed E-state index contributed by atoms with van der Waals surface area (Å²) in [4.78, 5) is 13.6. The molecule has 0 bridgehead atoms. The Balaban J connectivity index is 1.82. The fourth-order valence-electron chi connectivity index (χ4n) is 2.35. The lowest BCUT2D eigenvalue weighted by molar-refractivity contribution is -0.885. The zero-order valence-corrected chi connectivity index (χ0v) is 14.9. The van der Waals surface area contributed by atoms with Crippen LogP contribution in [0.2, 0.25) is 0 Å². The van der Waals surface area contributed by atoms with Gasteiger partial charge in [-0.25, -0.2) is 0 Å². The highest BCUT2D eigenvalue weighted by atomic mass is 32.2. The van der Waals surface area contributed by atoms with Gasteiger partial charge in [0.25, 0.3) is 11.7 Å². The largest absolute Gasteiger partial charge is 0.497 e. The standard InChI is InChI=1S/C18H20F2N2O2S/c1-22(11-13-3-7-15(24-2)8-4-13)12-17(23)21-14-5-9-16(10-6-14)25-18(19)20/h3-10,18H,11-12H2,1-2H3,(H,21,23)/p+1. The topological polar surface area (TPSA) is 42.8 Å². The molecule has 0 aliphatic rings. The highest BCUT2D eigenvalue weighted by molar-refractivity contribution is 7.99. The van der Waals surface area contributed by atoms with E-state index in [1.807, 2.05) is 31.3 Å².